The van der Waals surface area contributed by atoms with Crippen molar-refractivity contribution in [2.24, 2.45) is 5.92 Å². The third kappa shape index (κ3) is 3.76. The van der Waals surface area contributed by atoms with E-state index >= 15 is 0 Å². The van der Waals surface area contributed by atoms with Gasteiger partial charge in [0.15, 0.2) is 0 Å². The van der Waals surface area contributed by atoms with E-state index in [4.69, 9.17) is 4.74 Å². The third-order valence-corrected chi connectivity index (χ3v) is 4.67. The standard InChI is InChI=1S/C18H29NO/c1-5-15-7-6-8-16(12-15)20-18-10-9-13(2)11-17(18)14(3)19-4/h9-11,14-16,19H,5-8,12H2,1-4H3. The minimum absolute atomic E-state index is 0.329. The highest BCUT2D eigenvalue weighted by Crippen LogP contribution is 2.33. The molecule has 2 heteroatoms. The summed E-state index contributed by atoms with van der Waals surface area (Å²) in [6.07, 6.45) is 6.80. The first kappa shape index (κ1) is 15.4. The van der Waals surface area contributed by atoms with E-state index in [1.54, 1.807) is 0 Å². The molecule has 1 aliphatic rings. The normalized spacial score (nSPS) is 24.4. The molecule has 2 nitrogen and oxygen atoms in total. The second-order valence-corrected chi connectivity index (χ2v) is 6.23. The molecule has 0 heterocycles. The van der Waals surface area contributed by atoms with Crippen LogP contribution in [0.4, 0.5) is 0 Å². The zero-order valence-corrected chi connectivity index (χ0v) is 13.4. The van der Waals surface area contributed by atoms with E-state index in [1.165, 1.54) is 43.2 Å². The van der Waals surface area contributed by atoms with Gasteiger partial charge in [0.05, 0.1) is 6.10 Å². The van der Waals surface area contributed by atoms with E-state index in [-0.39, 0.29) is 0 Å². The molecule has 1 N–H and O–H groups in total. The summed E-state index contributed by atoms with van der Waals surface area (Å²) in [5, 5.41) is 3.33. The molecule has 2 rings (SSSR count). The lowest BCUT2D eigenvalue weighted by molar-refractivity contribution is 0.120. The van der Waals surface area contributed by atoms with Crippen molar-refractivity contribution in [1.82, 2.24) is 5.32 Å². The predicted octanol–water partition coefficient (Wildman–Crippen LogP) is 4.62. The molecule has 1 saturated carbocycles. The van der Waals surface area contributed by atoms with Crippen LogP contribution in [0.15, 0.2) is 18.2 Å². The zero-order valence-electron chi connectivity index (χ0n) is 13.4. The van der Waals surface area contributed by atoms with E-state index in [1.807, 2.05) is 7.05 Å². The van der Waals surface area contributed by atoms with Crippen LogP contribution in [-0.2, 0) is 0 Å². The maximum Gasteiger partial charge on any atom is 0.124 e. The summed E-state index contributed by atoms with van der Waals surface area (Å²) in [7, 11) is 2.00. The van der Waals surface area contributed by atoms with Crippen molar-refractivity contribution in [1.29, 1.82) is 0 Å². The molecule has 0 bridgehead atoms. The largest absolute Gasteiger partial charge is 0.490 e. The molecule has 1 fully saturated rings. The monoisotopic (exact) mass is 275 g/mol. The molecule has 1 aliphatic carbocycles. The van der Waals surface area contributed by atoms with Gasteiger partial charge in [0.1, 0.15) is 5.75 Å². The van der Waals surface area contributed by atoms with Gasteiger partial charge >= 0.3 is 0 Å². The minimum Gasteiger partial charge on any atom is -0.490 e. The van der Waals surface area contributed by atoms with Crippen LogP contribution in [0, 0.1) is 12.8 Å². The van der Waals surface area contributed by atoms with Crippen LogP contribution in [0.3, 0.4) is 0 Å². The summed E-state index contributed by atoms with van der Waals surface area (Å²) in [5.41, 5.74) is 2.58. The molecule has 1 aromatic carbocycles. The Morgan fingerprint density at radius 2 is 2.15 bits per heavy atom. The third-order valence-electron chi connectivity index (χ3n) is 4.67. The van der Waals surface area contributed by atoms with Crippen molar-refractivity contribution >= 4 is 0 Å². The zero-order chi connectivity index (χ0) is 14.5. The van der Waals surface area contributed by atoms with Crippen LogP contribution in [0.25, 0.3) is 0 Å². The predicted molar refractivity (Wildman–Crippen MR) is 85.3 cm³/mol. The van der Waals surface area contributed by atoms with Crippen molar-refractivity contribution in [3.63, 3.8) is 0 Å². The summed E-state index contributed by atoms with van der Waals surface area (Å²) in [6, 6.07) is 6.88. The summed E-state index contributed by atoms with van der Waals surface area (Å²) in [5.74, 6) is 1.92. The average molecular weight is 275 g/mol. The second kappa shape index (κ2) is 7.12. The fraction of sp³-hybridized carbons (Fsp3) is 0.667. The van der Waals surface area contributed by atoms with Crippen molar-refractivity contribution in [3.8, 4) is 5.75 Å². The molecule has 112 valence electrons. The van der Waals surface area contributed by atoms with Gasteiger partial charge in [0.25, 0.3) is 0 Å². The molecule has 0 radical (unpaired) electrons. The fourth-order valence-electron chi connectivity index (χ4n) is 3.17. The second-order valence-electron chi connectivity index (χ2n) is 6.23. The van der Waals surface area contributed by atoms with Crippen molar-refractivity contribution in [2.75, 3.05) is 7.05 Å². The summed E-state index contributed by atoms with van der Waals surface area (Å²) in [6.45, 7) is 6.63. The number of benzene rings is 1. The summed E-state index contributed by atoms with van der Waals surface area (Å²) in [4.78, 5) is 0. The highest BCUT2D eigenvalue weighted by atomic mass is 16.5. The Hall–Kier alpha value is -1.02. The molecular formula is C18H29NO. The van der Waals surface area contributed by atoms with Crippen LogP contribution in [-0.4, -0.2) is 13.2 Å². The van der Waals surface area contributed by atoms with Gasteiger partial charge in [-0.3, -0.25) is 0 Å². The smallest absolute Gasteiger partial charge is 0.124 e. The van der Waals surface area contributed by atoms with Crippen LogP contribution in [0.2, 0.25) is 0 Å². The van der Waals surface area contributed by atoms with Gasteiger partial charge in [0.2, 0.25) is 0 Å². The van der Waals surface area contributed by atoms with Crippen molar-refractivity contribution in [3.05, 3.63) is 29.3 Å². The first-order valence-corrected chi connectivity index (χ1v) is 8.08. The Labute approximate surface area is 123 Å². The molecule has 0 aromatic heterocycles. The van der Waals surface area contributed by atoms with Crippen molar-refractivity contribution < 1.29 is 4.74 Å². The molecular weight excluding hydrogens is 246 g/mol. The van der Waals surface area contributed by atoms with E-state index in [0.29, 0.717) is 12.1 Å². The number of nitrogens with one attached hydrogen (secondary N) is 1. The molecule has 0 aliphatic heterocycles. The molecule has 1 aromatic rings. The van der Waals surface area contributed by atoms with Gasteiger partial charge in [-0.25, -0.2) is 0 Å². The maximum absolute atomic E-state index is 6.36. The topological polar surface area (TPSA) is 21.3 Å². The Bertz CT molecular complexity index is 429. The lowest BCUT2D eigenvalue weighted by Crippen LogP contribution is -2.26. The summed E-state index contributed by atoms with van der Waals surface area (Å²) >= 11 is 0. The first-order chi connectivity index (χ1) is 9.63. The molecule has 0 amide bonds. The van der Waals surface area contributed by atoms with Crippen LogP contribution >= 0.6 is 0 Å². The van der Waals surface area contributed by atoms with Gasteiger partial charge in [-0.2, -0.15) is 0 Å². The fourth-order valence-corrected chi connectivity index (χ4v) is 3.17. The Morgan fingerprint density at radius 1 is 1.35 bits per heavy atom. The van der Waals surface area contributed by atoms with E-state index in [9.17, 15) is 0 Å². The Balaban J connectivity index is 2.12. The highest BCUT2D eigenvalue weighted by molar-refractivity contribution is 5.39. The lowest BCUT2D eigenvalue weighted by Gasteiger charge is -2.30. The summed E-state index contributed by atoms with van der Waals surface area (Å²) < 4.78 is 6.36. The van der Waals surface area contributed by atoms with Gasteiger partial charge in [-0.15, -0.1) is 0 Å². The molecule has 3 unspecified atom stereocenters. The molecule has 0 spiro atoms. The SMILES string of the molecule is CCC1CCCC(Oc2ccc(C)cc2C(C)NC)C1. The van der Waals surface area contributed by atoms with Gasteiger partial charge in [-0.1, -0.05) is 37.5 Å². The van der Waals surface area contributed by atoms with Gasteiger partial charge in [-0.05, 0) is 52.1 Å². The average Bonchev–Trinajstić information content (AvgIpc) is 2.48. The minimum atomic E-state index is 0.329. The van der Waals surface area contributed by atoms with E-state index in [0.717, 1.165) is 11.7 Å². The lowest BCUT2D eigenvalue weighted by atomic mass is 9.85. The van der Waals surface area contributed by atoms with Gasteiger partial charge in [0, 0.05) is 11.6 Å². The molecule has 20 heavy (non-hydrogen) atoms. The van der Waals surface area contributed by atoms with Crippen LogP contribution < -0.4 is 10.1 Å². The Kier molecular flexibility index (Phi) is 5.47. The quantitative estimate of drug-likeness (QED) is 0.846. The van der Waals surface area contributed by atoms with Gasteiger partial charge < -0.3 is 10.1 Å². The number of hydrogen-bond donors (Lipinski definition) is 1. The number of aryl methyl sites for hydroxylation is 1. The number of hydrogen-bond acceptors (Lipinski definition) is 2. The Morgan fingerprint density at radius 3 is 2.85 bits per heavy atom. The highest BCUT2D eigenvalue weighted by Gasteiger charge is 2.23. The van der Waals surface area contributed by atoms with E-state index < -0.39 is 0 Å². The van der Waals surface area contributed by atoms with Crippen molar-refractivity contribution in [2.45, 2.75) is 65.0 Å². The first-order valence-electron chi connectivity index (χ1n) is 8.08. The van der Waals surface area contributed by atoms with Crippen LogP contribution in [0.1, 0.15) is 63.1 Å². The molecule has 0 saturated heterocycles. The molecule has 3 atom stereocenters. The van der Waals surface area contributed by atoms with Crippen LogP contribution in [0.5, 0.6) is 5.75 Å². The van der Waals surface area contributed by atoms with E-state index in [2.05, 4.69) is 44.3 Å². The maximum atomic E-state index is 6.36. The number of rotatable bonds is 5. The number of ether oxygens (including phenoxy) is 1.